The van der Waals surface area contributed by atoms with Gasteiger partial charge in [-0.05, 0) is 26.3 Å². The van der Waals surface area contributed by atoms with Gasteiger partial charge in [0.25, 0.3) is 0 Å². The predicted octanol–water partition coefficient (Wildman–Crippen LogP) is 3.34. The van der Waals surface area contributed by atoms with Crippen molar-refractivity contribution in [3.05, 3.63) is 23.8 Å². The minimum atomic E-state index is 0.361. The summed E-state index contributed by atoms with van der Waals surface area (Å²) in [4.78, 5) is 0. The average molecular weight is 267 g/mol. The lowest BCUT2D eigenvalue weighted by Gasteiger charge is -2.20. The largest absolute Gasteiger partial charge is 0.497 e. The molecule has 0 amide bonds. The Morgan fingerprint density at radius 2 is 2.06 bits per heavy atom. The van der Waals surface area contributed by atoms with E-state index in [-0.39, 0.29) is 0 Å². The molecule has 1 fully saturated rings. The summed E-state index contributed by atoms with van der Waals surface area (Å²) in [7, 11) is 3.38. The Bertz CT molecular complexity index is 420. The van der Waals surface area contributed by atoms with E-state index in [4.69, 9.17) is 9.47 Å². The van der Waals surface area contributed by atoms with Crippen LogP contribution in [-0.4, -0.2) is 29.8 Å². The molecule has 0 atom stereocenters. The number of rotatable bonds is 4. The van der Waals surface area contributed by atoms with E-state index in [9.17, 15) is 0 Å². The van der Waals surface area contributed by atoms with Gasteiger partial charge in [0.15, 0.2) is 0 Å². The Kier molecular flexibility index (Phi) is 4.07. The van der Waals surface area contributed by atoms with Crippen molar-refractivity contribution in [3.8, 4) is 11.5 Å². The molecule has 1 aromatic carbocycles. The highest BCUT2D eigenvalue weighted by Crippen LogP contribution is 2.40. The molecule has 1 aliphatic rings. The quantitative estimate of drug-likeness (QED) is 0.780. The molecule has 4 heteroatoms. The van der Waals surface area contributed by atoms with E-state index in [0.29, 0.717) is 4.75 Å². The molecule has 1 aliphatic heterocycles. The number of ether oxygens (including phenoxy) is 2. The fourth-order valence-corrected chi connectivity index (χ4v) is 3.39. The molecular formula is C14H21NO2S. The van der Waals surface area contributed by atoms with Crippen LogP contribution in [0.3, 0.4) is 0 Å². The molecule has 18 heavy (non-hydrogen) atoms. The summed E-state index contributed by atoms with van der Waals surface area (Å²) in [5.41, 5.74) is 1.21. The molecule has 0 bridgehead atoms. The molecule has 0 spiro atoms. The average Bonchev–Trinajstić information content (AvgIpc) is 2.69. The lowest BCUT2D eigenvalue weighted by atomic mass is 10.1. The summed E-state index contributed by atoms with van der Waals surface area (Å²) in [5.74, 6) is 1.74. The fourth-order valence-electron chi connectivity index (χ4n) is 2.12. The smallest absolute Gasteiger partial charge is 0.127 e. The zero-order valence-corrected chi connectivity index (χ0v) is 12.3. The number of benzene rings is 1. The first kappa shape index (κ1) is 13.6. The SMILES string of the molecule is COc1ccc(CN2CCC(C)(C)S2)c(OC)c1. The molecule has 0 saturated carbocycles. The van der Waals surface area contributed by atoms with Crippen molar-refractivity contribution in [1.82, 2.24) is 4.31 Å². The molecule has 0 unspecified atom stereocenters. The number of nitrogens with zero attached hydrogens (tertiary/aromatic N) is 1. The van der Waals surface area contributed by atoms with Crippen LogP contribution in [0.2, 0.25) is 0 Å². The molecule has 100 valence electrons. The van der Waals surface area contributed by atoms with Gasteiger partial charge in [0.2, 0.25) is 0 Å². The zero-order valence-electron chi connectivity index (χ0n) is 11.5. The van der Waals surface area contributed by atoms with E-state index >= 15 is 0 Å². The first-order chi connectivity index (χ1) is 8.54. The first-order valence-corrected chi connectivity index (χ1v) is 6.96. The van der Waals surface area contributed by atoms with Crippen molar-refractivity contribution in [2.24, 2.45) is 0 Å². The van der Waals surface area contributed by atoms with Crippen LogP contribution in [0, 0.1) is 0 Å². The highest BCUT2D eigenvalue weighted by Gasteiger charge is 2.30. The number of hydrogen-bond donors (Lipinski definition) is 0. The van der Waals surface area contributed by atoms with Crippen LogP contribution in [0.25, 0.3) is 0 Å². The summed E-state index contributed by atoms with van der Waals surface area (Å²) in [5, 5.41) is 0. The topological polar surface area (TPSA) is 21.7 Å². The Morgan fingerprint density at radius 3 is 2.61 bits per heavy atom. The Balaban J connectivity index is 2.09. The van der Waals surface area contributed by atoms with Crippen LogP contribution in [0.4, 0.5) is 0 Å². The van der Waals surface area contributed by atoms with E-state index in [0.717, 1.165) is 24.6 Å². The van der Waals surface area contributed by atoms with Crippen molar-refractivity contribution in [2.45, 2.75) is 31.6 Å². The standard InChI is InChI=1S/C14H21NO2S/c1-14(2)7-8-15(18-14)10-11-5-6-12(16-3)9-13(11)17-4/h5-6,9H,7-8,10H2,1-4H3. The monoisotopic (exact) mass is 267 g/mol. The van der Waals surface area contributed by atoms with E-state index in [2.05, 4.69) is 24.2 Å². The Labute approximate surface area is 114 Å². The third kappa shape index (κ3) is 3.12. The highest BCUT2D eigenvalue weighted by atomic mass is 32.2. The molecule has 2 rings (SSSR count). The van der Waals surface area contributed by atoms with Crippen LogP contribution in [-0.2, 0) is 6.54 Å². The normalized spacial score (nSPS) is 18.9. The molecular weight excluding hydrogens is 246 g/mol. The summed E-state index contributed by atoms with van der Waals surface area (Å²) >= 11 is 1.94. The molecule has 1 heterocycles. The van der Waals surface area contributed by atoms with Crippen molar-refractivity contribution in [3.63, 3.8) is 0 Å². The minimum absolute atomic E-state index is 0.361. The maximum atomic E-state index is 5.43. The molecule has 0 N–H and O–H groups in total. The van der Waals surface area contributed by atoms with Gasteiger partial charge in [-0.15, -0.1) is 0 Å². The summed E-state index contributed by atoms with van der Waals surface area (Å²) in [6, 6.07) is 6.02. The summed E-state index contributed by atoms with van der Waals surface area (Å²) < 4.78 is 13.4. The molecule has 0 radical (unpaired) electrons. The van der Waals surface area contributed by atoms with Crippen LogP contribution in [0.5, 0.6) is 11.5 Å². The predicted molar refractivity (Wildman–Crippen MR) is 76.2 cm³/mol. The second kappa shape index (κ2) is 5.41. The molecule has 0 aliphatic carbocycles. The van der Waals surface area contributed by atoms with Gasteiger partial charge in [-0.3, -0.25) is 0 Å². The Hall–Kier alpha value is -0.870. The Morgan fingerprint density at radius 1 is 1.28 bits per heavy atom. The van der Waals surface area contributed by atoms with Crippen LogP contribution < -0.4 is 9.47 Å². The molecule has 1 saturated heterocycles. The van der Waals surface area contributed by atoms with Crippen LogP contribution in [0.1, 0.15) is 25.8 Å². The summed E-state index contributed by atoms with van der Waals surface area (Å²) in [6.07, 6.45) is 1.23. The van der Waals surface area contributed by atoms with Gasteiger partial charge in [0, 0.05) is 29.5 Å². The minimum Gasteiger partial charge on any atom is -0.497 e. The zero-order chi connectivity index (χ0) is 13.2. The molecule has 3 nitrogen and oxygen atoms in total. The second-order valence-electron chi connectivity index (χ2n) is 5.14. The lowest BCUT2D eigenvalue weighted by Crippen LogP contribution is -2.12. The van der Waals surface area contributed by atoms with Gasteiger partial charge in [0.1, 0.15) is 11.5 Å². The van der Waals surface area contributed by atoms with Gasteiger partial charge >= 0.3 is 0 Å². The number of methoxy groups -OCH3 is 2. The van der Waals surface area contributed by atoms with Crippen molar-refractivity contribution < 1.29 is 9.47 Å². The van der Waals surface area contributed by atoms with Gasteiger partial charge in [-0.25, -0.2) is 4.31 Å². The van der Waals surface area contributed by atoms with Gasteiger partial charge < -0.3 is 9.47 Å². The van der Waals surface area contributed by atoms with Crippen LogP contribution in [0.15, 0.2) is 18.2 Å². The van der Waals surface area contributed by atoms with E-state index in [1.54, 1.807) is 14.2 Å². The third-order valence-corrected chi connectivity index (χ3v) is 4.45. The molecule has 1 aromatic rings. The second-order valence-corrected chi connectivity index (χ2v) is 6.95. The van der Waals surface area contributed by atoms with Crippen molar-refractivity contribution >= 4 is 11.9 Å². The van der Waals surface area contributed by atoms with Gasteiger partial charge in [-0.1, -0.05) is 18.0 Å². The van der Waals surface area contributed by atoms with E-state index in [1.807, 2.05) is 24.1 Å². The van der Waals surface area contributed by atoms with Crippen molar-refractivity contribution in [1.29, 1.82) is 0 Å². The summed E-state index contributed by atoms with van der Waals surface area (Å²) in [6.45, 7) is 6.64. The van der Waals surface area contributed by atoms with E-state index in [1.165, 1.54) is 12.0 Å². The van der Waals surface area contributed by atoms with Crippen molar-refractivity contribution in [2.75, 3.05) is 20.8 Å². The lowest BCUT2D eigenvalue weighted by molar-refractivity contribution is 0.384. The molecule has 0 aromatic heterocycles. The number of hydrogen-bond acceptors (Lipinski definition) is 4. The fraction of sp³-hybridized carbons (Fsp3) is 0.571. The van der Waals surface area contributed by atoms with Crippen LogP contribution >= 0.6 is 11.9 Å². The van der Waals surface area contributed by atoms with Gasteiger partial charge in [-0.2, -0.15) is 0 Å². The third-order valence-electron chi connectivity index (χ3n) is 3.18. The first-order valence-electron chi connectivity index (χ1n) is 6.19. The highest BCUT2D eigenvalue weighted by molar-refractivity contribution is 7.98. The van der Waals surface area contributed by atoms with Gasteiger partial charge in [0.05, 0.1) is 14.2 Å². The van der Waals surface area contributed by atoms with E-state index < -0.39 is 0 Å². The maximum absolute atomic E-state index is 5.43. The maximum Gasteiger partial charge on any atom is 0.127 e.